The van der Waals surface area contributed by atoms with Crippen molar-refractivity contribution in [2.75, 3.05) is 13.1 Å². The Morgan fingerprint density at radius 2 is 1.96 bits per heavy atom. The van der Waals surface area contributed by atoms with Gasteiger partial charge in [0.05, 0.1) is 0 Å². The van der Waals surface area contributed by atoms with E-state index < -0.39 is 6.04 Å². The van der Waals surface area contributed by atoms with Crippen LogP contribution in [0.4, 0.5) is 0 Å². The van der Waals surface area contributed by atoms with E-state index in [1.807, 2.05) is 12.1 Å². The number of likely N-dealkylation sites (tertiary alicyclic amines) is 1. The predicted octanol–water partition coefficient (Wildman–Crippen LogP) is 0.761. The van der Waals surface area contributed by atoms with Gasteiger partial charge < -0.3 is 10.6 Å². The van der Waals surface area contributed by atoms with Crippen LogP contribution in [-0.2, 0) is 22.7 Å². The fourth-order valence-electron chi connectivity index (χ4n) is 4.26. The molecule has 3 heterocycles. The SMILES string of the molecule is CC1(N)CCN(Cc2cccc3c2CN(C2CCC(=O)NC2=O)C3=O)CC1. The minimum Gasteiger partial charge on any atom is -0.325 e. The zero-order valence-electron chi connectivity index (χ0n) is 15.7. The monoisotopic (exact) mass is 370 g/mol. The lowest BCUT2D eigenvalue weighted by molar-refractivity contribution is -0.136. The average molecular weight is 370 g/mol. The van der Waals surface area contributed by atoms with Crippen molar-refractivity contribution in [2.45, 2.75) is 57.3 Å². The Hall–Kier alpha value is -2.25. The number of hydrogen-bond donors (Lipinski definition) is 2. The highest BCUT2D eigenvalue weighted by molar-refractivity contribution is 6.05. The predicted molar refractivity (Wildman–Crippen MR) is 99.6 cm³/mol. The second kappa shape index (κ2) is 6.73. The number of amides is 3. The minimum absolute atomic E-state index is 0.0896. The summed E-state index contributed by atoms with van der Waals surface area (Å²) in [6.07, 6.45) is 2.59. The molecule has 27 heavy (non-hydrogen) atoms. The second-order valence-corrected chi connectivity index (χ2v) is 8.27. The lowest BCUT2D eigenvalue weighted by Crippen LogP contribution is -2.52. The Labute approximate surface area is 158 Å². The van der Waals surface area contributed by atoms with E-state index in [2.05, 4.69) is 23.2 Å². The topological polar surface area (TPSA) is 95.7 Å². The highest BCUT2D eigenvalue weighted by Crippen LogP contribution is 2.31. The fraction of sp³-hybridized carbons (Fsp3) is 0.550. The van der Waals surface area contributed by atoms with Crippen LogP contribution in [0.15, 0.2) is 18.2 Å². The molecule has 3 aliphatic heterocycles. The number of rotatable bonds is 3. The summed E-state index contributed by atoms with van der Waals surface area (Å²) in [6, 6.07) is 5.25. The molecule has 4 rings (SSSR count). The van der Waals surface area contributed by atoms with E-state index in [4.69, 9.17) is 5.73 Å². The van der Waals surface area contributed by atoms with Crippen molar-refractivity contribution in [3.63, 3.8) is 0 Å². The lowest BCUT2D eigenvalue weighted by atomic mass is 9.90. The summed E-state index contributed by atoms with van der Waals surface area (Å²) in [7, 11) is 0. The van der Waals surface area contributed by atoms with Crippen LogP contribution in [0.25, 0.3) is 0 Å². The van der Waals surface area contributed by atoms with Crippen LogP contribution in [-0.4, -0.2) is 52.2 Å². The van der Waals surface area contributed by atoms with Crippen molar-refractivity contribution in [2.24, 2.45) is 5.73 Å². The smallest absolute Gasteiger partial charge is 0.255 e. The molecule has 1 aromatic carbocycles. The molecule has 7 heteroatoms. The first-order chi connectivity index (χ1) is 12.8. The quantitative estimate of drug-likeness (QED) is 0.766. The third-order valence-corrected chi connectivity index (χ3v) is 6.07. The molecule has 3 N–H and O–H groups in total. The van der Waals surface area contributed by atoms with Gasteiger partial charge in [0, 0.05) is 43.7 Å². The van der Waals surface area contributed by atoms with Gasteiger partial charge in [0.2, 0.25) is 11.8 Å². The summed E-state index contributed by atoms with van der Waals surface area (Å²) in [4.78, 5) is 40.5. The number of imide groups is 1. The highest BCUT2D eigenvalue weighted by Gasteiger charge is 2.40. The third-order valence-electron chi connectivity index (χ3n) is 6.07. The van der Waals surface area contributed by atoms with Crippen molar-refractivity contribution < 1.29 is 14.4 Å². The van der Waals surface area contributed by atoms with Gasteiger partial charge in [-0.25, -0.2) is 0 Å². The van der Waals surface area contributed by atoms with Gasteiger partial charge in [0.15, 0.2) is 0 Å². The number of piperidine rings is 2. The van der Waals surface area contributed by atoms with E-state index in [-0.39, 0.29) is 29.7 Å². The van der Waals surface area contributed by atoms with E-state index in [0.29, 0.717) is 18.5 Å². The Morgan fingerprint density at radius 1 is 1.22 bits per heavy atom. The first kappa shape index (κ1) is 18.1. The van der Waals surface area contributed by atoms with Crippen molar-refractivity contribution in [3.05, 3.63) is 34.9 Å². The van der Waals surface area contributed by atoms with Gasteiger partial charge in [-0.2, -0.15) is 0 Å². The zero-order valence-corrected chi connectivity index (χ0v) is 15.7. The van der Waals surface area contributed by atoms with Gasteiger partial charge >= 0.3 is 0 Å². The molecule has 0 saturated carbocycles. The zero-order chi connectivity index (χ0) is 19.2. The molecule has 0 aliphatic carbocycles. The summed E-state index contributed by atoms with van der Waals surface area (Å²) >= 11 is 0. The number of nitrogens with two attached hydrogens (primary N) is 1. The van der Waals surface area contributed by atoms with E-state index >= 15 is 0 Å². The number of carbonyl (C=O) groups excluding carboxylic acids is 3. The van der Waals surface area contributed by atoms with Crippen LogP contribution >= 0.6 is 0 Å². The van der Waals surface area contributed by atoms with Crippen LogP contribution in [0.2, 0.25) is 0 Å². The molecule has 1 atom stereocenters. The number of carbonyl (C=O) groups is 3. The van der Waals surface area contributed by atoms with Crippen molar-refractivity contribution in [1.82, 2.24) is 15.1 Å². The standard InChI is InChI=1S/C20H26N4O3/c1-20(21)7-9-23(10-8-20)11-13-3-2-4-14-15(13)12-24(19(14)27)16-5-6-17(25)22-18(16)26/h2-4,16H,5-12,21H2,1H3,(H,22,25,26). The van der Waals surface area contributed by atoms with Crippen molar-refractivity contribution in [3.8, 4) is 0 Å². The first-order valence-corrected chi connectivity index (χ1v) is 9.61. The molecule has 3 amide bonds. The maximum Gasteiger partial charge on any atom is 0.255 e. The van der Waals surface area contributed by atoms with E-state index in [1.165, 1.54) is 0 Å². The van der Waals surface area contributed by atoms with Gasteiger partial charge in [0.1, 0.15) is 6.04 Å². The Bertz CT molecular complexity index is 794. The van der Waals surface area contributed by atoms with Crippen LogP contribution in [0, 0.1) is 0 Å². The van der Waals surface area contributed by atoms with E-state index in [9.17, 15) is 14.4 Å². The Kier molecular flexibility index (Phi) is 4.52. The lowest BCUT2D eigenvalue weighted by Gasteiger charge is -2.37. The summed E-state index contributed by atoms with van der Waals surface area (Å²) in [5, 5.41) is 2.35. The maximum atomic E-state index is 12.9. The molecule has 0 radical (unpaired) electrons. The minimum atomic E-state index is -0.566. The molecule has 3 aliphatic rings. The third kappa shape index (κ3) is 3.49. The molecule has 144 valence electrons. The molecule has 7 nitrogen and oxygen atoms in total. The Morgan fingerprint density at radius 3 is 2.67 bits per heavy atom. The number of fused-ring (bicyclic) bond motifs is 1. The van der Waals surface area contributed by atoms with E-state index in [0.717, 1.165) is 43.6 Å². The maximum absolute atomic E-state index is 12.9. The normalized spacial score (nSPS) is 25.5. The van der Waals surface area contributed by atoms with Crippen molar-refractivity contribution in [1.29, 1.82) is 0 Å². The second-order valence-electron chi connectivity index (χ2n) is 8.27. The molecule has 1 aromatic rings. The molecule has 0 aromatic heterocycles. The van der Waals surface area contributed by atoms with Crippen molar-refractivity contribution >= 4 is 17.7 Å². The summed E-state index contributed by atoms with van der Waals surface area (Å²) in [5.74, 6) is -0.750. The number of nitrogens with one attached hydrogen (secondary N) is 1. The van der Waals surface area contributed by atoms with E-state index in [1.54, 1.807) is 4.90 Å². The first-order valence-electron chi connectivity index (χ1n) is 9.61. The highest BCUT2D eigenvalue weighted by atomic mass is 16.2. The molecule has 2 saturated heterocycles. The number of nitrogens with zero attached hydrogens (tertiary/aromatic N) is 2. The number of hydrogen-bond acceptors (Lipinski definition) is 5. The van der Waals surface area contributed by atoms with Gasteiger partial charge in [0.25, 0.3) is 5.91 Å². The molecule has 2 fully saturated rings. The van der Waals surface area contributed by atoms with Crippen LogP contribution < -0.4 is 11.1 Å². The number of benzene rings is 1. The van der Waals surface area contributed by atoms with Crippen LogP contribution in [0.3, 0.4) is 0 Å². The van der Waals surface area contributed by atoms with Crippen LogP contribution in [0.5, 0.6) is 0 Å². The molecular formula is C20H26N4O3. The summed E-state index contributed by atoms with van der Waals surface area (Å²) in [5.41, 5.74) is 8.96. The van der Waals surface area contributed by atoms with Crippen LogP contribution in [0.1, 0.15) is 54.1 Å². The fourth-order valence-corrected chi connectivity index (χ4v) is 4.26. The van der Waals surface area contributed by atoms with Gasteiger partial charge in [-0.1, -0.05) is 12.1 Å². The molecular weight excluding hydrogens is 344 g/mol. The Balaban J connectivity index is 1.51. The molecule has 1 unspecified atom stereocenters. The average Bonchev–Trinajstić information content (AvgIpc) is 2.95. The van der Waals surface area contributed by atoms with Gasteiger partial charge in [-0.3, -0.25) is 24.6 Å². The van der Waals surface area contributed by atoms with Gasteiger partial charge in [-0.15, -0.1) is 0 Å². The molecule has 0 spiro atoms. The summed E-state index contributed by atoms with van der Waals surface area (Å²) in [6.45, 7) is 5.21. The largest absolute Gasteiger partial charge is 0.325 e. The van der Waals surface area contributed by atoms with Gasteiger partial charge in [-0.05, 0) is 43.4 Å². The molecule has 0 bridgehead atoms. The summed E-state index contributed by atoms with van der Waals surface area (Å²) < 4.78 is 0.